The van der Waals surface area contributed by atoms with E-state index >= 15 is 0 Å². The van der Waals surface area contributed by atoms with E-state index in [1.165, 1.54) is 40.1 Å². The molecular formula is C23H28ClN3O3S. The highest BCUT2D eigenvalue weighted by Gasteiger charge is 2.27. The van der Waals surface area contributed by atoms with Crippen LogP contribution in [-0.2, 0) is 27.7 Å². The Morgan fingerprint density at radius 3 is 2.52 bits per heavy atom. The van der Waals surface area contributed by atoms with Crippen molar-refractivity contribution in [2.24, 2.45) is 0 Å². The van der Waals surface area contributed by atoms with E-state index in [4.69, 9.17) is 11.6 Å². The largest absolute Gasteiger partial charge is 0.374 e. The first kappa shape index (κ1) is 22.1. The molecule has 1 aliphatic heterocycles. The van der Waals surface area contributed by atoms with Crippen LogP contribution in [0.3, 0.4) is 0 Å². The lowest BCUT2D eigenvalue weighted by atomic mass is 10.1. The summed E-state index contributed by atoms with van der Waals surface area (Å²) in [5.41, 5.74) is 3.90. The van der Waals surface area contributed by atoms with Crippen LogP contribution >= 0.6 is 11.6 Å². The minimum absolute atomic E-state index is 0.147. The van der Waals surface area contributed by atoms with Crippen molar-refractivity contribution in [3.8, 4) is 0 Å². The van der Waals surface area contributed by atoms with Gasteiger partial charge in [0.1, 0.15) is 6.04 Å². The van der Waals surface area contributed by atoms with Gasteiger partial charge in [-0.2, -0.15) is 4.31 Å². The number of nitrogens with zero attached hydrogens (tertiary/aromatic N) is 1. The van der Waals surface area contributed by atoms with Crippen molar-refractivity contribution >= 4 is 38.9 Å². The third-order valence-electron chi connectivity index (χ3n) is 6.02. The van der Waals surface area contributed by atoms with Crippen LogP contribution in [0, 0.1) is 0 Å². The molecule has 2 aromatic rings. The van der Waals surface area contributed by atoms with Gasteiger partial charge in [-0.1, -0.05) is 24.1 Å². The molecule has 1 heterocycles. The number of fused-ring (bicyclic) bond motifs is 1. The summed E-state index contributed by atoms with van der Waals surface area (Å²) in [6.45, 7) is 2.81. The number of rotatable bonds is 6. The lowest BCUT2D eigenvalue weighted by Gasteiger charge is -2.26. The molecule has 6 nitrogen and oxygen atoms in total. The highest BCUT2D eigenvalue weighted by molar-refractivity contribution is 7.89. The number of piperidine rings is 1. The molecule has 4 rings (SSSR count). The predicted molar refractivity (Wildman–Crippen MR) is 124 cm³/mol. The van der Waals surface area contributed by atoms with Gasteiger partial charge < -0.3 is 10.6 Å². The Bertz CT molecular complexity index is 1080. The van der Waals surface area contributed by atoms with Crippen LogP contribution in [0.15, 0.2) is 41.3 Å². The first-order valence-corrected chi connectivity index (χ1v) is 12.7. The van der Waals surface area contributed by atoms with Gasteiger partial charge in [0.15, 0.2) is 0 Å². The van der Waals surface area contributed by atoms with Crippen LogP contribution < -0.4 is 10.6 Å². The van der Waals surface area contributed by atoms with E-state index < -0.39 is 16.1 Å². The fourth-order valence-electron chi connectivity index (χ4n) is 4.23. The number of halogens is 1. The summed E-state index contributed by atoms with van der Waals surface area (Å²) in [7, 11) is -3.60. The number of hydrogen-bond donors (Lipinski definition) is 2. The predicted octanol–water partition coefficient (Wildman–Crippen LogP) is 4.44. The maximum atomic E-state index is 13.0. The quantitative estimate of drug-likeness (QED) is 0.666. The monoisotopic (exact) mass is 461 g/mol. The highest BCUT2D eigenvalue weighted by atomic mass is 35.5. The van der Waals surface area contributed by atoms with Crippen LogP contribution in [-0.4, -0.2) is 37.8 Å². The first-order chi connectivity index (χ1) is 14.8. The summed E-state index contributed by atoms with van der Waals surface area (Å²) in [4.78, 5) is 12.9. The first-order valence-electron chi connectivity index (χ1n) is 10.8. The summed E-state index contributed by atoms with van der Waals surface area (Å²) in [5.74, 6) is -0.282. The summed E-state index contributed by atoms with van der Waals surface area (Å²) in [6.07, 6.45) is 6.12. The van der Waals surface area contributed by atoms with Crippen molar-refractivity contribution in [1.82, 2.24) is 4.31 Å². The molecule has 8 heteroatoms. The number of anilines is 2. The normalized spacial score (nSPS) is 17.7. The van der Waals surface area contributed by atoms with Gasteiger partial charge in [0, 0.05) is 18.8 Å². The van der Waals surface area contributed by atoms with Crippen LogP contribution in [0.5, 0.6) is 0 Å². The molecule has 2 aliphatic rings. The van der Waals surface area contributed by atoms with E-state index in [-0.39, 0.29) is 10.8 Å². The van der Waals surface area contributed by atoms with E-state index in [0.717, 1.165) is 37.8 Å². The van der Waals surface area contributed by atoms with Gasteiger partial charge in [-0.05, 0) is 80.5 Å². The molecule has 2 aromatic carbocycles. The van der Waals surface area contributed by atoms with E-state index in [1.807, 2.05) is 6.07 Å². The van der Waals surface area contributed by atoms with Crippen LogP contribution in [0.1, 0.15) is 43.7 Å². The van der Waals surface area contributed by atoms with Crippen molar-refractivity contribution in [2.45, 2.75) is 56.4 Å². The van der Waals surface area contributed by atoms with Gasteiger partial charge in [0.2, 0.25) is 15.9 Å². The number of benzene rings is 2. The molecule has 0 aromatic heterocycles. The van der Waals surface area contributed by atoms with Gasteiger partial charge in [-0.25, -0.2) is 8.42 Å². The molecule has 1 unspecified atom stereocenters. The van der Waals surface area contributed by atoms with E-state index in [9.17, 15) is 13.2 Å². The second-order valence-corrected chi connectivity index (χ2v) is 10.6. The molecule has 1 fully saturated rings. The zero-order valence-electron chi connectivity index (χ0n) is 17.7. The molecule has 31 heavy (non-hydrogen) atoms. The van der Waals surface area contributed by atoms with E-state index in [2.05, 4.69) is 22.8 Å². The van der Waals surface area contributed by atoms with Gasteiger partial charge >= 0.3 is 0 Å². The Kier molecular flexibility index (Phi) is 6.55. The molecule has 1 saturated heterocycles. The molecule has 0 radical (unpaired) electrons. The van der Waals surface area contributed by atoms with Gasteiger partial charge in [-0.3, -0.25) is 4.79 Å². The topological polar surface area (TPSA) is 78.5 Å². The Morgan fingerprint density at radius 2 is 1.74 bits per heavy atom. The minimum Gasteiger partial charge on any atom is -0.374 e. The van der Waals surface area contributed by atoms with Gasteiger partial charge in [-0.15, -0.1) is 0 Å². The number of hydrogen-bond acceptors (Lipinski definition) is 4. The second kappa shape index (κ2) is 9.18. The number of aryl methyl sites for hydroxylation is 2. The third-order valence-corrected chi connectivity index (χ3v) is 8.25. The second-order valence-electron chi connectivity index (χ2n) is 8.30. The maximum Gasteiger partial charge on any atom is 0.246 e. The SMILES string of the molecule is CC(Nc1ccc2c(c1)CCC2)C(=O)Nc1cc(S(=O)(=O)N2CCCCC2)ccc1Cl. The molecule has 166 valence electrons. The van der Waals surface area contributed by atoms with E-state index in [0.29, 0.717) is 23.8 Å². The molecule has 1 atom stereocenters. The number of carbonyl (C=O) groups is 1. The van der Waals surface area contributed by atoms with Crippen molar-refractivity contribution in [3.05, 3.63) is 52.5 Å². The van der Waals surface area contributed by atoms with Gasteiger partial charge in [0.05, 0.1) is 15.6 Å². The average Bonchev–Trinajstić information content (AvgIpc) is 3.23. The Labute approximate surface area is 189 Å². The zero-order valence-corrected chi connectivity index (χ0v) is 19.2. The van der Waals surface area contributed by atoms with Crippen LogP contribution in [0.2, 0.25) is 5.02 Å². The smallest absolute Gasteiger partial charge is 0.246 e. The Hall–Kier alpha value is -2.09. The summed E-state index contributed by atoms with van der Waals surface area (Å²) in [5, 5.41) is 6.31. The Balaban J connectivity index is 1.46. The lowest BCUT2D eigenvalue weighted by molar-refractivity contribution is -0.116. The molecule has 0 spiro atoms. The maximum absolute atomic E-state index is 13.0. The molecular weight excluding hydrogens is 434 g/mol. The number of amides is 1. The lowest BCUT2D eigenvalue weighted by Crippen LogP contribution is -2.35. The van der Waals surface area contributed by atoms with E-state index in [1.54, 1.807) is 6.92 Å². The molecule has 0 saturated carbocycles. The van der Waals surface area contributed by atoms with Crippen molar-refractivity contribution in [1.29, 1.82) is 0 Å². The van der Waals surface area contributed by atoms with Gasteiger partial charge in [0.25, 0.3) is 0 Å². The zero-order chi connectivity index (χ0) is 22.0. The average molecular weight is 462 g/mol. The molecule has 0 bridgehead atoms. The Morgan fingerprint density at radius 1 is 1.00 bits per heavy atom. The fraction of sp³-hybridized carbons (Fsp3) is 0.435. The summed E-state index contributed by atoms with van der Waals surface area (Å²) < 4.78 is 27.4. The number of sulfonamides is 1. The van der Waals surface area contributed by atoms with Crippen LogP contribution in [0.25, 0.3) is 0 Å². The summed E-state index contributed by atoms with van der Waals surface area (Å²) in [6, 6.07) is 10.2. The third kappa shape index (κ3) is 4.89. The molecule has 1 aliphatic carbocycles. The van der Waals surface area contributed by atoms with Crippen molar-refractivity contribution < 1.29 is 13.2 Å². The summed E-state index contributed by atoms with van der Waals surface area (Å²) >= 11 is 6.26. The standard InChI is InChI=1S/C23H28ClN3O3S/c1-16(25-19-9-8-17-6-5-7-18(17)14-19)23(28)26-22-15-20(10-11-21(22)24)31(29,30)27-12-3-2-4-13-27/h8-11,14-16,25H,2-7,12-13H2,1H3,(H,26,28). The number of nitrogens with one attached hydrogen (secondary N) is 2. The number of carbonyl (C=O) groups excluding carboxylic acids is 1. The van der Waals surface area contributed by atoms with Crippen LogP contribution in [0.4, 0.5) is 11.4 Å². The molecule has 1 amide bonds. The molecule has 2 N–H and O–H groups in total. The van der Waals surface area contributed by atoms with Crippen molar-refractivity contribution in [3.63, 3.8) is 0 Å². The highest BCUT2D eigenvalue weighted by Crippen LogP contribution is 2.29. The fourth-order valence-corrected chi connectivity index (χ4v) is 5.94. The van der Waals surface area contributed by atoms with Crippen molar-refractivity contribution in [2.75, 3.05) is 23.7 Å². The minimum atomic E-state index is -3.60.